The monoisotopic (exact) mass is 263 g/mol. The van der Waals surface area contributed by atoms with E-state index in [1.807, 2.05) is 18.2 Å². The summed E-state index contributed by atoms with van der Waals surface area (Å²) in [7, 11) is 0. The molecule has 0 aliphatic carbocycles. The third-order valence-electron chi connectivity index (χ3n) is 2.82. The summed E-state index contributed by atoms with van der Waals surface area (Å²) >= 11 is 1.31. The van der Waals surface area contributed by atoms with Crippen molar-refractivity contribution in [2.75, 3.05) is 13.2 Å². The van der Waals surface area contributed by atoms with Crippen LogP contribution in [0.1, 0.15) is 22.9 Å². The minimum Gasteiger partial charge on any atom is -0.490 e. The van der Waals surface area contributed by atoms with Crippen LogP contribution in [-0.2, 0) is 0 Å². The molecule has 18 heavy (non-hydrogen) atoms. The SMILES string of the molecule is NC(c1ccc2c(c1)OCCCO2)c1cnns1. The molecule has 1 aromatic heterocycles. The number of benzene rings is 1. The number of rotatable bonds is 2. The van der Waals surface area contributed by atoms with Crippen LogP contribution < -0.4 is 15.2 Å². The van der Waals surface area contributed by atoms with Gasteiger partial charge in [-0.15, -0.1) is 5.10 Å². The lowest BCUT2D eigenvalue weighted by Gasteiger charge is -2.12. The third kappa shape index (κ3) is 2.16. The van der Waals surface area contributed by atoms with Crippen molar-refractivity contribution in [3.63, 3.8) is 0 Å². The molecule has 2 N–H and O–H groups in total. The second-order valence-corrected chi connectivity index (χ2v) is 4.87. The molecular weight excluding hydrogens is 250 g/mol. The molecule has 0 saturated heterocycles. The summed E-state index contributed by atoms with van der Waals surface area (Å²) in [6.45, 7) is 1.37. The molecule has 6 heteroatoms. The minimum absolute atomic E-state index is 0.220. The van der Waals surface area contributed by atoms with Crippen LogP contribution in [0.4, 0.5) is 0 Å². The molecule has 0 amide bonds. The zero-order chi connectivity index (χ0) is 12.4. The molecule has 94 valence electrons. The fourth-order valence-electron chi connectivity index (χ4n) is 1.85. The average Bonchev–Trinajstić information content (AvgIpc) is 2.83. The van der Waals surface area contributed by atoms with E-state index in [1.54, 1.807) is 6.20 Å². The topological polar surface area (TPSA) is 70.3 Å². The van der Waals surface area contributed by atoms with E-state index in [-0.39, 0.29) is 6.04 Å². The van der Waals surface area contributed by atoms with Crippen LogP contribution in [0.15, 0.2) is 24.4 Å². The van der Waals surface area contributed by atoms with Crippen LogP contribution >= 0.6 is 11.5 Å². The highest BCUT2D eigenvalue weighted by molar-refractivity contribution is 7.05. The highest BCUT2D eigenvalue weighted by Gasteiger charge is 2.16. The van der Waals surface area contributed by atoms with Gasteiger partial charge >= 0.3 is 0 Å². The molecule has 3 rings (SSSR count). The lowest BCUT2D eigenvalue weighted by molar-refractivity contribution is 0.297. The number of hydrogen-bond acceptors (Lipinski definition) is 6. The Morgan fingerprint density at radius 1 is 1.22 bits per heavy atom. The molecule has 1 aromatic carbocycles. The molecule has 2 aromatic rings. The molecule has 0 fully saturated rings. The molecule has 2 heterocycles. The van der Waals surface area contributed by atoms with Gasteiger partial charge in [0.15, 0.2) is 11.5 Å². The fourth-order valence-corrected chi connectivity index (χ4v) is 2.38. The van der Waals surface area contributed by atoms with Gasteiger partial charge in [-0.1, -0.05) is 10.6 Å². The van der Waals surface area contributed by atoms with E-state index in [4.69, 9.17) is 15.2 Å². The molecular formula is C12H13N3O2S. The Bertz CT molecular complexity index is 530. The predicted molar refractivity (Wildman–Crippen MR) is 68.0 cm³/mol. The van der Waals surface area contributed by atoms with Gasteiger partial charge in [0.05, 0.1) is 30.3 Å². The van der Waals surface area contributed by atoms with Gasteiger partial charge in [0, 0.05) is 6.42 Å². The minimum atomic E-state index is -0.220. The summed E-state index contributed by atoms with van der Waals surface area (Å²) in [4.78, 5) is 0.935. The van der Waals surface area contributed by atoms with Crippen molar-refractivity contribution in [3.8, 4) is 11.5 Å². The van der Waals surface area contributed by atoms with Gasteiger partial charge in [-0.2, -0.15) is 0 Å². The van der Waals surface area contributed by atoms with E-state index in [2.05, 4.69) is 9.59 Å². The number of nitrogens with zero attached hydrogens (tertiary/aromatic N) is 2. The molecule has 1 atom stereocenters. The van der Waals surface area contributed by atoms with Crippen LogP contribution in [0, 0.1) is 0 Å². The van der Waals surface area contributed by atoms with Gasteiger partial charge in [-0.25, -0.2) is 0 Å². The first-order valence-corrected chi connectivity index (χ1v) is 6.54. The summed E-state index contributed by atoms with van der Waals surface area (Å²) in [5, 5.41) is 3.80. The van der Waals surface area contributed by atoms with Crippen LogP contribution in [-0.4, -0.2) is 22.8 Å². The molecule has 0 radical (unpaired) electrons. The first-order valence-electron chi connectivity index (χ1n) is 5.77. The standard InChI is InChI=1S/C12H13N3O2S/c13-12(11-7-14-15-18-11)8-2-3-9-10(6-8)17-5-1-4-16-9/h2-3,6-7,12H,1,4-5,13H2. The van der Waals surface area contributed by atoms with Gasteiger partial charge in [-0.05, 0) is 29.2 Å². The van der Waals surface area contributed by atoms with Crippen LogP contribution in [0.3, 0.4) is 0 Å². The van der Waals surface area contributed by atoms with E-state index in [9.17, 15) is 0 Å². The molecule has 1 aliphatic heterocycles. The maximum absolute atomic E-state index is 6.17. The van der Waals surface area contributed by atoms with Gasteiger partial charge in [0.1, 0.15) is 0 Å². The van der Waals surface area contributed by atoms with Gasteiger partial charge in [-0.3, -0.25) is 0 Å². The lowest BCUT2D eigenvalue weighted by Crippen LogP contribution is -2.10. The quantitative estimate of drug-likeness (QED) is 0.893. The maximum Gasteiger partial charge on any atom is 0.161 e. The summed E-state index contributed by atoms with van der Waals surface area (Å²) in [5.41, 5.74) is 7.14. The first-order chi connectivity index (χ1) is 8.84. The van der Waals surface area contributed by atoms with E-state index >= 15 is 0 Å². The molecule has 1 unspecified atom stereocenters. The zero-order valence-corrected chi connectivity index (χ0v) is 10.5. The highest BCUT2D eigenvalue weighted by atomic mass is 32.1. The van der Waals surface area contributed by atoms with Crippen molar-refractivity contribution in [1.29, 1.82) is 0 Å². The summed E-state index contributed by atoms with van der Waals surface area (Å²) < 4.78 is 15.1. The molecule has 5 nitrogen and oxygen atoms in total. The van der Waals surface area contributed by atoms with E-state index in [0.29, 0.717) is 13.2 Å². The number of ether oxygens (including phenoxy) is 2. The Labute approximate surface area is 109 Å². The van der Waals surface area contributed by atoms with Crippen molar-refractivity contribution >= 4 is 11.5 Å². The lowest BCUT2D eigenvalue weighted by atomic mass is 10.1. The Kier molecular flexibility index (Phi) is 3.12. The Morgan fingerprint density at radius 2 is 2.06 bits per heavy atom. The maximum atomic E-state index is 6.17. The van der Waals surface area contributed by atoms with Gasteiger partial charge < -0.3 is 15.2 Å². The second-order valence-electron chi connectivity index (χ2n) is 4.05. The molecule has 1 aliphatic rings. The molecule has 0 bridgehead atoms. The van der Waals surface area contributed by atoms with E-state index in [0.717, 1.165) is 28.4 Å². The number of fused-ring (bicyclic) bond motifs is 1. The van der Waals surface area contributed by atoms with Crippen molar-refractivity contribution < 1.29 is 9.47 Å². The zero-order valence-electron chi connectivity index (χ0n) is 9.70. The fraction of sp³-hybridized carbons (Fsp3) is 0.333. The summed E-state index contributed by atoms with van der Waals surface area (Å²) in [5.74, 6) is 1.55. The van der Waals surface area contributed by atoms with Gasteiger partial charge in [0.2, 0.25) is 0 Å². The van der Waals surface area contributed by atoms with Crippen LogP contribution in [0.2, 0.25) is 0 Å². The van der Waals surface area contributed by atoms with Crippen molar-refractivity contribution in [2.24, 2.45) is 5.73 Å². The third-order valence-corrected chi connectivity index (χ3v) is 3.56. The molecule has 0 saturated carbocycles. The van der Waals surface area contributed by atoms with Crippen molar-refractivity contribution in [1.82, 2.24) is 9.59 Å². The number of nitrogens with two attached hydrogens (primary N) is 1. The smallest absolute Gasteiger partial charge is 0.161 e. The van der Waals surface area contributed by atoms with E-state index < -0.39 is 0 Å². The van der Waals surface area contributed by atoms with Crippen molar-refractivity contribution in [3.05, 3.63) is 34.8 Å². The highest BCUT2D eigenvalue weighted by Crippen LogP contribution is 2.33. The second kappa shape index (κ2) is 4.91. The molecule has 0 spiro atoms. The van der Waals surface area contributed by atoms with Crippen LogP contribution in [0.25, 0.3) is 0 Å². The first kappa shape index (κ1) is 11.4. The van der Waals surface area contributed by atoms with Gasteiger partial charge in [0.25, 0.3) is 0 Å². The largest absolute Gasteiger partial charge is 0.490 e. The predicted octanol–water partition coefficient (Wildman–Crippen LogP) is 1.75. The number of hydrogen-bond donors (Lipinski definition) is 1. The van der Waals surface area contributed by atoms with Crippen LogP contribution in [0.5, 0.6) is 11.5 Å². The van der Waals surface area contributed by atoms with E-state index in [1.165, 1.54) is 11.5 Å². The Morgan fingerprint density at radius 3 is 2.83 bits per heavy atom. The summed E-state index contributed by atoms with van der Waals surface area (Å²) in [6.07, 6.45) is 2.59. The normalized spacial score (nSPS) is 16.1. The Balaban J connectivity index is 1.92. The number of aromatic nitrogens is 2. The van der Waals surface area contributed by atoms with Crippen molar-refractivity contribution in [2.45, 2.75) is 12.5 Å². The average molecular weight is 263 g/mol. The Hall–Kier alpha value is -1.66. The summed E-state index contributed by atoms with van der Waals surface area (Å²) in [6, 6.07) is 5.58.